The molecule has 0 spiro atoms. The summed E-state index contributed by atoms with van der Waals surface area (Å²) in [5, 5.41) is 2.77. The molecule has 0 aromatic heterocycles. The predicted molar refractivity (Wildman–Crippen MR) is 71.8 cm³/mol. The maximum Gasteiger partial charge on any atom is 0.251 e. The highest BCUT2D eigenvalue weighted by molar-refractivity contribution is 5.95. The number of amides is 1. The monoisotopic (exact) mass is 252 g/mol. The van der Waals surface area contributed by atoms with Gasteiger partial charge in [0.1, 0.15) is 5.82 Å². The van der Waals surface area contributed by atoms with Gasteiger partial charge in [0.05, 0.1) is 0 Å². The van der Waals surface area contributed by atoms with Crippen molar-refractivity contribution >= 4 is 11.6 Å². The molecule has 0 saturated heterocycles. The number of hydrogen-bond acceptors (Lipinski definition) is 2. The van der Waals surface area contributed by atoms with Crippen molar-refractivity contribution in [3.05, 3.63) is 29.6 Å². The molecule has 18 heavy (non-hydrogen) atoms. The van der Waals surface area contributed by atoms with Crippen molar-refractivity contribution in [1.29, 1.82) is 0 Å². The second-order valence-electron chi connectivity index (χ2n) is 4.92. The Labute approximate surface area is 108 Å². The van der Waals surface area contributed by atoms with E-state index in [0.29, 0.717) is 12.5 Å². The number of carbonyl (C=O) groups excluding carboxylic acids is 1. The van der Waals surface area contributed by atoms with E-state index in [1.807, 2.05) is 0 Å². The Bertz CT molecular complexity index is 385. The first kappa shape index (κ1) is 14.5. The molecule has 0 heterocycles. The minimum atomic E-state index is -0.486. The minimum absolute atomic E-state index is 0.264. The van der Waals surface area contributed by atoms with Gasteiger partial charge < -0.3 is 11.1 Å². The van der Waals surface area contributed by atoms with Crippen LogP contribution in [0.15, 0.2) is 18.2 Å². The molecule has 3 N–H and O–H groups in total. The number of benzene rings is 1. The number of anilines is 1. The number of halogens is 1. The third kappa shape index (κ3) is 5.17. The van der Waals surface area contributed by atoms with Gasteiger partial charge in [-0.05, 0) is 30.5 Å². The molecule has 0 fully saturated rings. The number of nitrogen functional groups attached to an aromatic ring is 1. The maximum atomic E-state index is 13.1. The highest BCUT2D eigenvalue weighted by Crippen LogP contribution is 2.11. The lowest BCUT2D eigenvalue weighted by Gasteiger charge is -2.07. The summed E-state index contributed by atoms with van der Waals surface area (Å²) in [6.07, 6.45) is 3.18. The zero-order valence-electron chi connectivity index (χ0n) is 11.0. The predicted octanol–water partition coefficient (Wildman–Crippen LogP) is 2.96. The van der Waals surface area contributed by atoms with Gasteiger partial charge in [0, 0.05) is 17.8 Å². The van der Waals surface area contributed by atoms with Crippen molar-refractivity contribution < 1.29 is 9.18 Å². The number of hydrogen-bond donors (Lipinski definition) is 2. The molecule has 100 valence electrons. The molecule has 1 aromatic carbocycles. The quantitative estimate of drug-likeness (QED) is 0.604. The van der Waals surface area contributed by atoms with Crippen LogP contribution in [0.25, 0.3) is 0 Å². The average Bonchev–Trinajstić information content (AvgIpc) is 2.26. The normalized spacial score (nSPS) is 10.7. The largest absolute Gasteiger partial charge is 0.399 e. The molecule has 0 aliphatic heterocycles. The number of unbranched alkanes of at least 4 members (excludes halogenated alkanes) is 1. The first-order valence-corrected chi connectivity index (χ1v) is 6.33. The molecular weight excluding hydrogens is 231 g/mol. The molecular formula is C14H21FN2O. The zero-order chi connectivity index (χ0) is 13.5. The van der Waals surface area contributed by atoms with Crippen molar-refractivity contribution in [2.24, 2.45) is 5.92 Å². The molecule has 0 saturated carbocycles. The topological polar surface area (TPSA) is 55.1 Å². The van der Waals surface area contributed by atoms with Crippen LogP contribution in [0.2, 0.25) is 0 Å². The third-order valence-electron chi connectivity index (χ3n) is 2.68. The first-order valence-electron chi connectivity index (χ1n) is 6.33. The van der Waals surface area contributed by atoms with Crippen LogP contribution in [0.1, 0.15) is 43.5 Å². The van der Waals surface area contributed by atoms with Crippen molar-refractivity contribution in [1.82, 2.24) is 5.32 Å². The van der Waals surface area contributed by atoms with Crippen LogP contribution in [0.4, 0.5) is 10.1 Å². The summed E-state index contributed by atoms with van der Waals surface area (Å²) in [5.74, 6) is -0.0746. The summed E-state index contributed by atoms with van der Waals surface area (Å²) in [6, 6.07) is 3.87. The van der Waals surface area contributed by atoms with E-state index in [2.05, 4.69) is 19.2 Å². The van der Waals surface area contributed by atoms with E-state index in [1.165, 1.54) is 18.2 Å². The Hall–Kier alpha value is -1.58. The van der Waals surface area contributed by atoms with Gasteiger partial charge >= 0.3 is 0 Å². The minimum Gasteiger partial charge on any atom is -0.399 e. The van der Waals surface area contributed by atoms with E-state index in [0.717, 1.165) is 19.3 Å². The second kappa shape index (κ2) is 6.99. The van der Waals surface area contributed by atoms with Crippen molar-refractivity contribution in [3.63, 3.8) is 0 Å². The first-order chi connectivity index (χ1) is 8.49. The SMILES string of the molecule is CC(C)CCCCNC(=O)c1cc(N)cc(F)c1. The van der Waals surface area contributed by atoms with E-state index in [-0.39, 0.29) is 17.2 Å². The fourth-order valence-electron chi connectivity index (χ4n) is 1.72. The Balaban J connectivity index is 2.36. The lowest BCUT2D eigenvalue weighted by Crippen LogP contribution is -2.24. The number of carbonyl (C=O) groups is 1. The Morgan fingerprint density at radius 3 is 2.67 bits per heavy atom. The fraction of sp³-hybridized carbons (Fsp3) is 0.500. The van der Waals surface area contributed by atoms with E-state index >= 15 is 0 Å². The molecule has 0 unspecified atom stereocenters. The Morgan fingerprint density at radius 2 is 2.06 bits per heavy atom. The number of rotatable bonds is 6. The molecule has 4 heteroatoms. The molecule has 1 aromatic rings. The second-order valence-corrected chi connectivity index (χ2v) is 4.92. The van der Waals surface area contributed by atoms with Crippen LogP contribution in [0, 0.1) is 11.7 Å². The summed E-state index contributed by atoms with van der Waals surface area (Å²) >= 11 is 0. The van der Waals surface area contributed by atoms with Crippen molar-refractivity contribution in [2.75, 3.05) is 12.3 Å². The summed E-state index contributed by atoms with van der Waals surface area (Å²) in [4.78, 5) is 11.7. The van der Waals surface area contributed by atoms with Crippen LogP contribution in [0.3, 0.4) is 0 Å². The lowest BCUT2D eigenvalue weighted by molar-refractivity contribution is 0.0952. The van der Waals surface area contributed by atoms with E-state index < -0.39 is 5.82 Å². The summed E-state index contributed by atoms with van der Waals surface area (Å²) in [7, 11) is 0. The van der Waals surface area contributed by atoms with Gasteiger partial charge in [-0.1, -0.05) is 26.7 Å². The van der Waals surface area contributed by atoms with Gasteiger partial charge in [0.25, 0.3) is 5.91 Å². The van der Waals surface area contributed by atoms with Gasteiger partial charge in [0.15, 0.2) is 0 Å². The zero-order valence-corrected chi connectivity index (χ0v) is 11.0. The molecule has 0 atom stereocenters. The standard InChI is InChI=1S/C14H21FN2O/c1-10(2)5-3-4-6-17-14(18)11-7-12(15)9-13(16)8-11/h7-10H,3-6,16H2,1-2H3,(H,17,18). The van der Waals surface area contributed by atoms with Crippen LogP contribution in [-0.2, 0) is 0 Å². The Kier molecular flexibility index (Phi) is 5.62. The third-order valence-corrected chi connectivity index (χ3v) is 2.68. The van der Waals surface area contributed by atoms with E-state index in [9.17, 15) is 9.18 Å². The summed E-state index contributed by atoms with van der Waals surface area (Å²) in [6.45, 7) is 4.96. The highest BCUT2D eigenvalue weighted by atomic mass is 19.1. The molecule has 0 aliphatic carbocycles. The van der Waals surface area contributed by atoms with Crippen LogP contribution in [-0.4, -0.2) is 12.5 Å². The smallest absolute Gasteiger partial charge is 0.251 e. The number of nitrogens with one attached hydrogen (secondary N) is 1. The van der Waals surface area contributed by atoms with Crippen LogP contribution >= 0.6 is 0 Å². The van der Waals surface area contributed by atoms with Crippen LogP contribution in [0.5, 0.6) is 0 Å². The van der Waals surface area contributed by atoms with Gasteiger partial charge in [0.2, 0.25) is 0 Å². The van der Waals surface area contributed by atoms with Gasteiger partial charge in [-0.15, -0.1) is 0 Å². The van der Waals surface area contributed by atoms with Crippen molar-refractivity contribution in [2.45, 2.75) is 33.1 Å². The van der Waals surface area contributed by atoms with Gasteiger partial charge in [-0.25, -0.2) is 4.39 Å². The van der Waals surface area contributed by atoms with Gasteiger partial charge in [-0.3, -0.25) is 4.79 Å². The van der Waals surface area contributed by atoms with Crippen LogP contribution < -0.4 is 11.1 Å². The molecule has 0 radical (unpaired) electrons. The van der Waals surface area contributed by atoms with Gasteiger partial charge in [-0.2, -0.15) is 0 Å². The lowest BCUT2D eigenvalue weighted by atomic mass is 10.1. The Morgan fingerprint density at radius 1 is 1.33 bits per heavy atom. The van der Waals surface area contributed by atoms with Crippen molar-refractivity contribution in [3.8, 4) is 0 Å². The molecule has 1 rings (SSSR count). The molecule has 1 amide bonds. The molecule has 3 nitrogen and oxygen atoms in total. The highest BCUT2D eigenvalue weighted by Gasteiger charge is 2.07. The van der Waals surface area contributed by atoms with E-state index in [1.54, 1.807) is 0 Å². The fourth-order valence-corrected chi connectivity index (χ4v) is 1.72. The summed E-state index contributed by atoms with van der Waals surface area (Å²) in [5.41, 5.74) is 6.03. The molecule has 0 aliphatic rings. The van der Waals surface area contributed by atoms with E-state index in [4.69, 9.17) is 5.73 Å². The average molecular weight is 252 g/mol. The number of nitrogens with two attached hydrogens (primary N) is 1. The summed E-state index contributed by atoms with van der Waals surface area (Å²) < 4.78 is 13.1. The maximum absolute atomic E-state index is 13.1. The molecule has 0 bridgehead atoms.